The molecule has 0 saturated carbocycles. The minimum Gasteiger partial charge on any atom is -0.452 e. The Morgan fingerprint density at radius 2 is 1.88 bits per heavy atom. The molecule has 0 spiro atoms. The lowest BCUT2D eigenvalue weighted by molar-refractivity contribution is -0.124. The molecule has 6 heteroatoms. The number of hydrogen-bond acceptors (Lipinski definition) is 3. The van der Waals surface area contributed by atoms with Crippen molar-refractivity contribution in [3.8, 4) is 0 Å². The number of hydrogen-bond donors (Lipinski definition) is 1. The molecule has 1 amide bonds. The number of amides is 1. The Morgan fingerprint density at radius 1 is 1.16 bits per heavy atom. The summed E-state index contributed by atoms with van der Waals surface area (Å²) in [7, 11) is 0. The van der Waals surface area contributed by atoms with Crippen molar-refractivity contribution in [2.75, 3.05) is 6.61 Å². The standard InChI is InChI=1S/C19H19F2NO3/c1-11-5-4-6-15(12(11)2)19(24)25-10-18(23)22-13(3)16-8-7-14(20)9-17(16)21/h4-9,13H,10H2,1-3H3,(H,22,23)/t13-/m1/s1. The molecule has 0 fully saturated rings. The second kappa shape index (κ2) is 7.88. The first kappa shape index (κ1) is 18.6. The van der Waals surface area contributed by atoms with Gasteiger partial charge in [-0.05, 0) is 44.0 Å². The van der Waals surface area contributed by atoms with Gasteiger partial charge in [0.25, 0.3) is 5.91 Å². The highest BCUT2D eigenvalue weighted by molar-refractivity contribution is 5.93. The minimum atomic E-state index is -0.750. The number of nitrogens with one attached hydrogen (secondary N) is 1. The van der Waals surface area contributed by atoms with Crippen LogP contribution in [0, 0.1) is 25.5 Å². The Morgan fingerprint density at radius 3 is 2.56 bits per heavy atom. The van der Waals surface area contributed by atoms with Crippen molar-refractivity contribution in [2.45, 2.75) is 26.8 Å². The van der Waals surface area contributed by atoms with Gasteiger partial charge in [0.2, 0.25) is 0 Å². The molecule has 1 atom stereocenters. The van der Waals surface area contributed by atoms with E-state index < -0.39 is 36.2 Å². The summed E-state index contributed by atoms with van der Waals surface area (Å²) in [6.07, 6.45) is 0. The zero-order chi connectivity index (χ0) is 18.6. The Labute approximate surface area is 144 Å². The van der Waals surface area contributed by atoms with Crippen molar-refractivity contribution >= 4 is 11.9 Å². The lowest BCUT2D eigenvalue weighted by Gasteiger charge is -2.15. The third-order valence-electron chi connectivity index (χ3n) is 3.97. The molecule has 0 aliphatic carbocycles. The number of benzene rings is 2. The summed E-state index contributed by atoms with van der Waals surface area (Å²) in [5.74, 6) is -2.62. The van der Waals surface area contributed by atoms with E-state index in [1.807, 2.05) is 13.0 Å². The maximum absolute atomic E-state index is 13.7. The number of rotatable bonds is 5. The van der Waals surface area contributed by atoms with E-state index in [1.165, 1.54) is 6.07 Å². The SMILES string of the molecule is Cc1cccc(C(=O)OCC(=O)N[C@H](C)c2ccc(F)cc2F)c1C. The maximum atomic E-state index is 13.7. The molecule has 0 aromatic heterocycles. The molecule has 2 rings (SSSR count). The van der Waals surface area contributed by atoms with Gasteiger partial charge < -0.3 is 10.1 Å². The van der Waals surface area contributed by atoms with Gasteiger partial charge in [-0.1, -0.05) is 18.2 Å². The van der Waals surface area contributed by atoms with Crippen LogP contribution in [0.1, 0.15) is 40.0 Å². The van der Waals surface area contributed by atoms with Crippen LogP contribution in [0.15, 0.2) is 36.4 Å². The summed E-state index contributed by atoms with van der Waals surface area (Å²) < 4.78 is 31.6. The van der Waals surface area contributed by atoms with Gasteiger partial charge in [0, 0.05) is 11.6 Å². The predicted molar refractivity (Wildman–Crippen MR) is 89.1 cm³/mol. The van der Waals surface area contributed by atoms with E-state index in [1.54, 1.807) is 26.0 Å². The highest BCUT2D eigenvalue weighted by Gasteiger charge is 2.17. The van der Waals surface area contributed by atoms with Gasteiger partial charge in [-0.3, -0.25) is 4.79 Å². The van der Waals surface area contributed by atoms with E-state index in [0.717, 1.165) is 23.3 Å². The first-order valence-electron chi connectivity index (χ1n) is 7.77. The summed E-state index contributed by atoms with van der Waals surface area (Å²) >= 11 is 0. The number of carbonyl (C=O) groups is 2. The average molecular weight is 347 g/mol. The first-order valence-corrected chi connectivity index (χ1v) is 7.77. The van der Waals surface area contributed by atoms with Crippen LogP contribution in [0.25, 0.3) is 0 Å². The van der Waals surface area contributed by atoms with Crippen LogP contribution in [-0.2, 0) is 9.53 Å². The smallest absolute Gasteiger partial charge is 0.338 e. The average Bonchev–Trinajstić information content (AvgIpc) is 2.55. The van der Waals surface area contributed by atoms with Crippen molar-refractivity contribution in [1.29, 1.82) is 0 Å². The number of carbonyl (C=O) groups excluding carboxylic acids is 2. The van der Waals surface area contributed by atoms with Gasteiger partial charge in [-0.2, -0.15) is 0 Å². The number of aryl methyl sites for hydroxylation is 1. The zero-order valence-electron chi connectivity index (χ0n) is 14.2. The molecule has 0 heterocycles. The molecule has 2 aromatic carbocycles. The van der Waals surface area contributed by atoms with Crippen LogP contribution in [0.4, 0.5) is 8.78 Å². The van der Waals surface area contributed by atoms with Crippen molar-refractivity contribution in [3.05, 3.63) is 70.3 Å². The lowest BCUT2D eigenvalue weighted by Crippen LogP contribution is -2.31. The first-order chi connectivity index (χ1) is 11.8. The Balaban J connectivity index is 1.94. The van der Waals surface area contributed by atoms with Crippen LogP contribution in [0.5, 0.6) is 0 Å². The third-order valence-corrected chi connectivity index (χ3v) is 3.97. The monoisotopic (exact) mass is 347 g/mol. The maximum Gasteiger partial charge on any atom is 0.338 e. The number of esters is 1. The molecule has 4 nitrogen and oxygen atoms in total. The van der Waals surface area contributed by atoms with E-state index in [-0.39, 0.29) is 5.56 Å². The number of ether oxygens (including phenoxy) is 1. The molecule has 25 heavy (non-hydrogen) atoms. The van der Waals surface area contributed by atoms with Crippen molar-refractivity contribution in [3.63, 3.8) is 0 Å². The van der Waals surface area contributed by atoms with Crippen molar-refractivity contribution in [1.82, 2.24) is 5.32 Å². The van der Waals surface area contributed by atoms with Crippen LogP contribution in [0.2, 0.25) is 0 Å². The molecule has 0 aliphatic heterocycles. The fraction of sp³-hybridized carbons (Fsp3) is 0.263. The van der Waals surface area contributed by atoms with Gasteiger partial charge in [0.05, 0.1) is 11.6 Å². The highest BCUT2D eigenvalue weighted by Crippen LogP contribution is 2.18. The summed E-state index contributed by atoms with van der Waals surface area (Å²) in [5, 5.41) is 2.51. The van der Waals surface area contributed by atoms with Gasteiger partial charge in [0.15, 0.2) is 6.61 Å². The molecular weight excluding hydrogens is 328 g/mol. The summed E-state index contributed by atoms with van der Waals surface area (Å²) in [5.41, 5.74) is 2.27. The van der Waals surface area contributed by atoms with E-state index in [9.17, 15) is 18.4 Å². The third kappa shape index (κ3) is 4.62. The Hall–Kier alpha value is -2.76. The summed E-state index contributed by atoms with van der Waals surface area (Å²) in [4.78, 5) is 24.0. The van der Waals surface area contributed by atoms with Gasteiger partial charge >= 0.3 is 5.97 Å². The highest BCUT2D eigenvalue weighted by atomic mass is 19.1. The Bertz CT molecular complexity index is 805. The van der Waals surface area contributed by atoms with E-state index in [2.05, 4.69) is 5.32 Å². The molecule has 0 saturated heterocycles. The quantitative estimate of drug-likeness (QED) is 0.841. The fourth-order valence-electron chi connectivity index (χ4n) is 2.39. The minimum absolute atomic E-state index is 0.149. The molecule has 2 aromatic rings. The predicted octanol–water partition coefficient (Wildman–Crippen LogP) is 3.62. The molecule has 0 aliphatic rings. The summed E-state index contributed by atoms with van der Waals surface area (Å²) in [6, 6.07) is 7.67. The van der Waals surface area contributed by atoms with Gasteiger partial charge in [-0.15, -0.1) is 0 Å². The van der Waals surface area contributed by atoms with Gasteiger partial charge in [-0.25, -0.2) is 13.6 Å². The molecular formula is C19H19F2NO3. The van der Waals surface area contributed by atoms with E-state index >= 15 is 0 Å². The number of halogens is 2. The van der Waals surface area contributed by atoms with Crippen LogP contribution < -0.4 is 5.32 Å². The molecule has 0 radical (unpaired) electrons. The molecule has 132 valence electrons. The van der Waals surface area contributed by atoms with E-state index in [4.69, 9.17) is 4.74 Å². The molecule has 0 unspecified atom stereocenters. The lowest BCUT2D eigenvalue weighted by atomic mass is 10.0. The van der Waals surface area contributed by atoms with Crippen LogP contribution >= 0.6 is 0 Å². The van der Waals surface area contributed by atoms with Crippen molar-refractivity contribution in [2.24, 2.45) is 0 Å². The zero-order valence-corrected chi connectivity index (χ0v) is 14.2. The van der Waals surface area contributed by atoms with Crippen LogP contribution in [0.3, 0.4) is 0 Å². The molecule has 0 bridgehead atoms. The van der Waals surface area contributed by atoms with Gasteiger partial charge in [0.1, 0.15) is 11.6 Å². The van der Waals surface area contributed by atoms with E-state index in [0.29, 0.717) is 5.56 Å². The second-order valence-electron chi connectivity index (χ2n) is 5.78. The largest absolute Gasteiger partial charge is 0.452 e. The normalized spacial score (nSPS) is 11.7. The second-order valence-corrected chi connectivity index (χ2v) is 5.78. The Kier molecular flexibility index (Phi) is 5.85. The molecule has 1 N–H and O–H groups in total. The summed E-state index contributed by atoms with van der Waals surface area (Å²) in [6.45, 7) is 4.74. The van der Waals surface area contributed by atoms with Crippen LogP contribution in [-0.4, -0.2) is 18.5 Å². The fourth-order valence-corrected chi connectivity index (χ4v) is 2.39. The topological polar surface area (TPSA) is 55.4 Å². The van der Waals surface area contributed by atoms with Crippen molar-refractivity contribution < 1.29 is 23.1 Å².